The number of nitrogens with zero attached hydrogens (tertiary/aromatic N) is 3. The van der Waals surface area contributed by atoms with Gasteiger partial charge in [0.1, 0.15) is 10.7 Å². The van der Waals surface area contributed by atoms with Crippen molar-refractivity contribution in [2.75, 3.05) is 6.54 Å². The second-order valence-electron chi connectivity index (χ2n) is 4.73. The minimum Gasteiger partial charge on any atom is -0.353 e. The van der Waals surface area contributed by atoms with Crippen LogP contribution in [0.25, 0.3) is 0 Å². The molecule has 0 spiro atoms. The molecule has 2 rings (SSSR count). The molecule has 2 N–H and O–H groups in total. The van der Waals surface area contributed by atoms with Gasteiger partial charge in [-0.15, -0.1) is 5.10 Å². The molecule has 0 saturated heterocycles. The van der Waals surface area contributed by atoms with E-state index >= 15 is 0 Å². The third-order valence-corrected chi connectivity index (χ3v) is 4.54. The van der Waals surface area contributed by atoms with Gasteiger partial charge in [0, 0.05) is 12.7 Å². The van der Waals surface area contributed by atoms with Gasteiger partial charge in [-0.05, 0) is 19.1 Å². The highest BCUT2D eigenvalue weighted by atomic mass is 32.2. The number of amides is 1. The van der Waals surface area contributed by atoms with E-state index in [0.29, 0.717) is 6.54 Å². The molecule has 1 aromatic heterocycles. The zero-order valence-electron chi connectivity index (χ0n) is 12.3. The minimum absolute atomic E-state index is 0.258. The molecule has 2 aromatic rings. The average Bonchev–Trinajstić information content (AvgIpc) is 3.00. The monoisotopic (exact) mass is 341 g/mol. The molecule has 23 heavy (non-hydrogen) atoms. The summed E-state index contributed by atoms with van der Waals surface area (Å²) in [7, 11) is -4.12. The number of nitrogens with one attached hydrogen (secondary N) is 2. The van der Waals surface area contributed by atoms with Gasteiger partial charge in [0.15, 0.2) is 0 Å². The largest absolute Gasteiger partial charge is 0.353 e. The summed E-state index contributed by atoms with van der Waals surface area (Å²) in [5.74, 6) is -1.40. The van der Waals surface area contributed by atoms with Gasteiger partial charge in [0.05, 0.1) is 18.8 Å². The molecule has 10 heteroatoms. The summed E-state index contributed by atoms with van der Waals surface area (Å²) in [6.45, 7) is 2.04. The first-order chi connectivity index (χ1) is 10.9. The van der Waals surface area contributed by atoms with Gasteiger partial charge in [-0.1, -0.05) is 17.3 Å². The smallest absolute Gasteiger partial charge is 0.244 e. The molecular formula is C13H16FN5O3S. The highest BCUT2D eigenvalue weighted by molar-refractivity contribution is 7.89. The molecule has 1 aromatic carbocycles. The van der Waals surface area contributed by atoms with Crippen LogP contribution in [0.3, 0.4) is 0 Å². The Morgan fingerprint density at radius 2 is 2.13 bits per heavy atom. The Labute approximate surface area is 132 Å². The van der Waals surface area contributed by atoms with Crippen molar-refractivity contribution in [3.8, 4) is 0 Å². The van der Waals surface area contributed by atoms with E-state index in [1.165, 1.54) is 29.9 Å². The molecule has 0 aliphatic rings. The van der Waals surface area contributed by atoms with Crippen molar-refractivity contribution in [2.24, 2.45) is 0 Å². The first-order valence-electron chi connectivity index (χ1n) is 6.79. The van der Waals surface area contributed by atoms with E-state index in [0.717, 1.165) is 12.1 Å². The van der Waals surface area contributed by atoms with Gasteiger partial charge in [-0.2, -0.15) is 4.72 Å². The molecular weight excluding hydrogens is 325 g/mol. The summed E-state index contributed by atoms with van der Waals surface area (Å²) in [5, 5.41) is 9.91. The number of aromatic nitrogens is 3. The second-order valence-corrected chi connectivity index (χ2v) is 6.41. The number of carbonyl (C=O) groups is 1. The normalized spacial score (nSPS) is 12.8. The van der Waals surface area contributed by atoms with E-state index in [9.17, 15) is 17.6 Å². The van der Waals surface area contributed by atoms with Gasteiger partial charge < -0.3 is 5.32 Å². The molecule has 124 valence electrons. The van der Waals surface area contributed by atoms with E-state index in [4.69, 9.17) is 0 Å². The van der Waals surface area contributed by atoms with Gasteiger partial charge >= 0.3 is 0 Å². The first kappa shape index (κ1) is 17.0. The summed E-state index contributed by atoms with van der Waals surface area (Å²) >= 11 is 0. The molecule has 1 atom stereocenters. The van der Waals surface area contributed by atoms with Crippen LogP contribution >= 0.6 is 0 Å². The van der Waals surface area contributed by atoms with Crippen molar-refractivity contribution in [3.63, 3.8) is 0 Å². The van der Waals surface area contributed by atoms with Crippen LogP contribution in [0.4, 0.5) is 4.39 Å². The molecule has 8 nitrogen and oxygen atoms in total. The molecule has 0 saturated carbocycles. The molecule has 1 amide bonds. The fraction of sp³-hybridized carbons (Fsp3) is 0.308. The molecule has 0 bridgehead atoms. The summed E-state index contributed by atoms with van der Waals surface area (Å²) in [5.41, 5.74) is 0. The van der Waals surface area contributed by atoms with E-state index < -0.39 is 32.7 Å². The Bertz CT molecular complexity index is 764. The zero-order valence-corrected chi connectivity index (χ0v) is 13.1. The molecule has 0 aliphatic carbocycles. The molecule has 0 radical (unpaired) electrons. The summed E-state index contributed by atoms with van der Waals surface area (Å²) in [6, 6.07) is 3.91. The lowest BCUT2D eigenvalue weighted by Crippen LogP contribution is -2.45. The summed E-state index contributed by atoms with van der Waals surface area (Å²) < 4.78 is 41.4. The van der Waals surface area contributed by atoms with Crippen molar-refractivity contribution in [1.82, 2.24) is 25.0 Å². The molecule has 1 unspecified atom stereocenters. The molecule has 1 heterocycles. The van der Waals surface area contributed by atoms with Crippen LogP contribution in [0.1, 0.15) is 6.92 Å². The lowest BCUT2D eigenvalue weighted by Gasteiger charge is -2.14. The Balaban J connectivity index is 1.91. The SMILES string of the molecule is CC(NS(=O)(=O)c1ccccc1F)C(=O)NCCn1ccnn1. The van der Waals surface area contributed by atoms with Crippen LogP contribution in [0.15, 0.2) is 41.6 Å². The standard InChI is InChI=1S/C13H16FN5O3S/c1-10(13(20)15-6-8-19-9-7-16-18-19)17-23(21,22)12-5-3-2-4-11(12)14/h2-5,7,9-10,17H,6,8H2,1H3,(H,15,20). The van der Waals surface area contributed by atoms with Crippen LogP contribution in [0.5, 0.6) is 0 Å². The highest BCUT2D eigenvalue weighted by Crippen LogP contribution is 2.13. The van der Waals surface area contributed by atoms with E-state index in [2.05, 4.69) is 20.4 Å². The summed E-state index contributed by atoms with van der Waals surface area (Å²) in [6.07, 6.45) is 3.14. The fourth-order valence-corrected chi connectivity index (χ4v) is 3.09. The number of carbonyl (C=O) groups excluding carboxylic acids is 1. The second kappa shape index (κ2) is 7.29. The van der Waals surface area contributed by atoms with Gasteiger partial charge in [0.2, 0.25) is 15.9 Å². The lowest BCUT2D eigenvalue weighted by atomic mass is 10.3. The number of benzene rings is 1. The maximum absolute atomic E-state index is 13.6. The zero-order chi connectivity index (χ0) is 16.9. The lowest BCUT2D eigenvalue weighted by molar-refractivity contribution is -0.122. The average molecular weight is 341 g/mol. The maximum atomic E-state index is 13.6. The van der Waals surface area contributed by atoms with Crippen LogP contribution < -0.4 is 10.0 Å². The summed E-state index contributed by atoms with van der Waals surface area (Å²) in [4.78, 5) is 11.4. The number of sulfonamides is 1. The van der Waals surface area contributed by atoms with Crippen LogP contribution in [0, 0.1) is 5.82 Å². The van der Waals surface area contributed by atoms with Gasteiger partial charge in [-0.3, -0.25) is 9.48 Å². The van der Waals surface area contributed by atoms with Crippen molar-refractivity contribution in [3.05, 3.63) is 42.5 Å². The van der Waals surface area contributed by atoms with Crippen molar-refractivity contribution in [2.45, 2.75) is 24.4 Å². The van der Waals surface area contributed by atoms with Gasteiger partial charge in [-0.25, -0.2) is 12.8 Å². The maximum Gasteiger partial charge on any atom is 0.244 e. The van der Waals surface area contributed by atoms with E-state index in [1.807, 2.05) is 0 Å². The highest BCUT2D eigenvalue weighted by Gasteiger charge is 2.24. The Morgan fingerprint density at radius 3 is 2.78 bits per heavy atom. The number of halogens is 1. The number of rotatable bonds is 7. The fourth-order valence-electron chi connectivity index (χ4n) is 1.81. The molecule has 0 fully saturated rings. The number of hydrogen-bond donors (Lipinski definition) is 2. The predicted octanol–water partition coefficient (Wildman–Crippen LogP) is -0.0996. The third kappa shape index (κ3) is 4.57. The van der Waals surface area contributed by atoms with Crippen LogP contribution in [0.2, 0.25) is 0 Å². The predicted molar refractivity (Wildman–Crippen MR) is 79.2 cm³/mol. The van der Waals surface area contributed by atoms with Crippen LogP contribution in [-0.4, -0.2) is 41.9 Å². The Morgan fingerprint density at radius 1 is 1.39 bits per heavy atom. The molecule has 0 aliphatic heterocycles. The Kier molecular flexibility index (Phi) is 5.40. The topological polar surface area (TPSA) is 106 Å². The van der Waals surface area contributed by atoms with Gasteiger partial charge in [0.25, 0.3) is 0 Å². The minimum atomic E-state index is -4.12. The third-order valence-electron chi connectivity index (χ3n) is 2.96. The van der Waals surface area contributed by atoms with Crippen molar-refractivity contribution in [1.29, 1.82) is 0 Å². The van der Waals surface area contributed by atoms with E-state index in [-0.39, 0.29) is 6.54 Å². The quantitative estimate of drug-likeness (QED) is 0.731. The van der Waals surface area contributed by atoms with Crippen molar-refractivity contribution < 1.29 is 17.6 Å². The number of hydrogen-bond acceptors (Lipinski definition) is 5. The van der Waals surface area contributed by atoms with Crippen LogP contribution in [-0.2, 0) is 21.4 Å². The Hall–Kier alpha value is -2.33. The first-order valence-corrected chi connectivity index (χ1v) is 8.27. The van der Waals surface area contributed by atoms with E-state index in [1.54, 1.807) is 6.20 Å². The van der Waals surface area contributed by atoms with Crippen molar-refractivity contribution >= 4 is 15.9 Å².